The van der Waals surface area contributed by atoms with Crippen LogP contribution < -0.4 is 25.4 Å². The molecule has 3 amide bonds. The van der Waals surface area contributed by atoms with Crippen molar-refractivity contribution in [3.63, 3.8) is 0 Å². The zero-order valence-electron chi connectivity index (χ0n) is 15.1. The van der Waals surface area contributed by atoms with Crippen LogP contribution in [0.1, 0.15) is 33.1 Å². The van der Waals surface area contributed by atoms with E-state index in [1.807, 2.05) is 6.92 Å². The van der Waals surface area contributed by atoms with E-state index in [4.69, 9.17) is 9.47 Å². The van der Waals surface area contributed by atoms with Crippen LogP contribution >= 0.6 is 0 Å². The molecule has 1 aliphatic rings. The molecule has 7 heteroatoms. The zero-order chi connectivity index (χ0) is 18.2. The highest BCUT2D eigenvalue weighted by Gasteiger charge is 2.30. The SMILES string of the molecule is CCCCOc1ccc(OC)cc1NC(=O)N[C@@H]1C(=O)NCC[C@H]1C. The van der Waals surface area contributed by atoms with E-state index in [0.29, 0.717) is 30.3 Å². The van der Waals surface area contributed by atoms with Gasteiger partial charge in [-0.05, 0) is 30.9 Å². The van der Waals surface area contributed by atoms with Crippen molar-refractivity contribution < 1.29 is 19.1 Å². The van der Waals surface area contributed by atoms with Gasteiger partial charge in [-0.25, -0.2) is 4.79 Å². The second-order valence-corrected chi connectivity index (χ2v) is 6.20. The summed E-state index contributed by atoms with van der Waals surface area (Å²) in [4.78, 5) is 24.3. The fraction of sp³-hybridized carbons (Fsp3) is 0.556. The predicted octanol–water partition coefficient (Wildman–Crippen LogP) is 2.52. The molecule has 0 spiro atoms. The Morgan fingerprint density at radius 2 is 2.20 bits per heavy atom. The van der Waals surface area contributed by atoms with Gasteiger partial charge in [-0.3, -0.25) is 4.79 Å². The lowest BCUT2D eigenvalue weighted by atomic mass is 9.94. The van der Waals surface area contributed by atoms with Crippen molar-refractivity contribution in [1.29, 1.82) is 0 Å². The van der Waals surface area contributed by atoms with E-state index >= 15 is 0 Å². The van der Waals surface area contributed by atoms with Gasteiger partial charge in [0.15, 0.2) is 0 Å². The molecular weight excluding hydrogens is 322 g/mol. The van der Waals surface area contributed by atoms with Crippen LogP contribution in [-0.2, 0) is 4.79 Å². The van der Waals surface area contributed by atoms with Crippen LogP contribution in [0, 0.1) is 5.92 Å². The molecule has 2 rings (SSSR count). The Labute approximate surface area is 148 Å². The maximum absolute atomic E-state index is 12.4. The molecule has 1 saturated heterocycles. The van der Waals surface area contributed by atoms with E-state index in [9.17, 15) is 9.59 Å². The van der Waals surface area contributed by atoms with Gasteiger partial charge < -0.3 is 25.4 Å². The molecule has 0 unspecified atom stereocenters. The van der Waals surface area contributed by atoms with Crippen LogP contribution in [0.2, 0.25) is 0 Å². The molecule has 0 bridgehead atoms. The summed E-state index contributed by atoms with van der Waals surface area (Å²) in [6, 6.07) is 4.26. The highest BCUT2D eigenvalue weighted by atomic mass is 16.5. The lowest BCUT2D eigenvalue weighted by molar-refractivity contribution is -0.125. The molecule has 138 valence electrons. The first-order valence-corrected chi connectivity index (χ1v) is 8.71. The summed E-state index contributed by atoms with van der Waals surface area (Å²) in [5.74, 6) is 1.12. The summed E-state index contributed by atoms with van der Waals surface area (Å²) in [5.41, 5.74) is 0.511. The minimum absolute atomic E-state index is 0.0880. The summed E-state index contributed by atoms with van der Waals surface area (Å²) in [5, 5.41) is 8.28. The van der Waals surface area contributed by atoms with Gasteiger partial charge >= 0.3 is 6.03 Å². The van der Waals surface area contributed by atoms with Gasteiger partial charge in [0.05, 0.1) is 19.4 Å². The minimum atomic E-state index is -0.538. The molecule has 25 heavy (non-hydrogen) atoms. The number of carbonyl (C=O) groups excluding carboxylic acids is 2. The second kappa shape index (κ2) is 9.15. The Morgan fingerprint density at radius 1 is 1.40 bits per heavy atom. The van der Waals surface area contributed by atoms with Gasteiger partial charge in [-0.1, -0.05) is 20.3 Å². The largest absolute Gasteiger partial charge is 0.497 e. The number of anilines is 1. The molecule has 1 aliphatic heterocycles. The summed E-state index contributed by atoms with van der Waals surface area (Å²) in [6.07, 6.45) is 2.78. The number of unbranched alkanes of at least 4 members (excludes halogenated alkanes) is 1. The Kier molecular flexibility index (Phi) is 6.91. The lowest BCUT2D eigenvalue weighted by Gasteiger charge is -2.29. The molecule has 7 nitrogen and oxygen atoms in total. The van der Waals surface area contributed by atoms with Crippen LogP contribution in [0.15, 0.2) is 18.2 Å². The molecule has 2 atom stereocenters. The van der Waals surface area contributed by atoms with Crippen molar-refractivity contribution >= 4 is 17.6 Å². The third kappa shape index (κ3) is 5.27. The van der Waals surface area contributed by atoms with Crippen LogP contribution in [0.4, 0.5) is 10.5 Å². The molecule has 1 aromatic rings. The van der Waals surface area contributed by atoms with Gasteiger partial charge in [-0.2, -0.15) is 0 Å². The number of urea groups is 1. The molecule has 0 aromatic heterocycles. The fourth-order valence-corrected chi connectivity index (χ4v) is 2.65. The van der Waals surface area contributed by atoms with Crippen molar-refractivity contribution in [2.75, 3.05) is 25.6 Å². The number of piperidine rings is 1. The molecule has 0 saturated carbocycles. The molecular formula is C18H27N3O4. The maximum atomic E-state index is 12.4. The number of benzene rings is 1. The zero-order valence-corrected chi connectivity index (χ0v) is 15.1. The van der Waals surface area contributed by atoms with Crippen molar-refractivity contribution in [3.05, 3.63) is 18.2 Å². The van der Waals surface area contributed by atoms with Gasteiger partial charge in [0.2, 0.25) is 5.91 Å². The normalized spacial score (nSPS) is 19.7. The number of ether oxygens (including phenoxy) is 2. The number of hydrogen-bond acceptors (Lipinski definition) is 4. The number of methoxy groups -OCH3 is 1. The predicted molar refractivity (Wildman–Crippen MR) is 96.1 cm³/mol. The molecule has 1 fully saturated rings. The van der Waals surface area contributed by atoms with Crippen LogP contribution in [-0.4, -0.2) is 38.2 Å². The smallest absolute Gasteiger partial charge is 0.320 e. The molecule has 1 aromatic carbocycles. The van der Waals surface area contributed by atoms with E-state index in [2.05, 4.69) is 22.9 Å². The van der Waals surface area contributed by atoms with Gasteiger partial charge in [0, 0.05) is 12.6 Å². The molecule has 3 N–H and O–H groups in total. The van der Waals surface area contributed by atoms with Gasteiger partial charge in [0.25, 0.3) is 0 Å². The van der Waals surface area contributed by atoms with Crippen LogP contribution in [0.3, 0.4) is 0 Å². The lowest BCUT2D eigenvalue weighted by Crippen LogP contribution is -2.55. The minimum Gasteiger partial charge on any atom is -0.497 e. The maximum Gasteiger partial charge on any atom is 0.320 e. The topological polar surface area (TPSA) is 88.7 Å². The summed E-state index contributed by atoms with van der Waals surface area (Å²) >= 11 is 0. The third-order valence-corrected chi connectivity index (χ3v) is 4.23. The monoisotopic (exact) mass is 349 g/mol. The van der Waals surface area contributed by atoms with E-state index in [1.165, 1.54) is 0 Å². The molecule has 1 heterocycles. The summed E-state index contributed by atoms with van der Waals surface area (Å²) in [7, 11) is 1.56. The van der Waals surface area contributed by atoms with Crippen molar-refractivity contribution in [2.24, 2.45) is 5.92 Å². The highest BCUT2D eigenvalue weighted by Crippen LogP contribution is 2.29. The van der Waals surface area contributed by atoms with E-state index in [-0.39, 0.29) is 11.8 Å². The van der Waals surface area contributed by atoms with Gasteiger partial charge in [-0.15, -0.1) is 0 Å². The highest BCUT2D eigenvalue weighted by molar-refractivity contribution is 5.95. The number of hydrogen-bond donors (Lipinski definition) is 3. The Balaban J connectivity index is 2.05. The van der Waals surface area contributed by atoms with E-state index in [1.54, 1.807) is 25.3 Å². The Bertz CT molecular complexity index is 606. The first-order valence-electron chi connectivity index (χ1n) is 8.71. The first kappa shape index (κ1) is 18.9. The first-order chi connectivity index (χ1) is 12.0. The number of carbonyl (C=O) groups is 2. The number of nitrogens with one attached hydrogen (secondary N) is 3. The second-order valence-electron chi connectivity index (χ2n) is 6.20. The van der Waals surface area contributed by atoms with Gasteiger partial charge in [0.1, 0.15) is 17.5 Å². The third-order valence-electron chi connectivity index (χ3n) is 4.23. The quantitative estimate of drug-likeness (QED) is 0.660. The Hall–Kier alpha value is -2.44. The van der Waals surface area contributed by atoms with E-state index < -0.39 is 12.1 Å². The average molecular weight is 349 g/mol. The van der Waals surface area contributed by atoms with Crippen LogP contribution in [0.5, 0.6) is 11.5 Å². The average Bonchev–Trinajstić information content (AvgIpc) is 2.59. The summed E-state index contributed by atoms with van der Waals surface area (Å²) in [6.45, 7) is 5.25. The summed E-state index contributed by atoms with van der Waals surface area (Å²) < 4.78 is 10.9. The van der Waals surface area contributed by atoms with Crippen molar-refractivity contribution in [1.82, 2.24) is 10.6 Å². The molecule has 0 aliphatic carbocycles. The fourth-order valence-electron chi connectivity index (χ4n) is 2.65. The van der Waals surface area contributed by atoms with Crippen molar-refractivity contribution in [2.45, 2.75) is 39.2 Å². The Morgan fingerprint density at radius 3 is 2.88 bits per heavy atom. The number of rotatable bonds is 7. The number of amides is 3. The van der Waals surface area contributed by atoms with E-state index in [0.717, 1.165) is 19.3 Å². The standard InChI is InChI=1S/C18H27N3O4/c1-4-5-10-25-15-7-6-13(24-3)11-14(15)20-18(23)21-16-12(2)8-9-19-17(16)22/h6-7,11-12,16H,4-5,8-10H2,1-3H3,(H,19,22)(H2,20,21,23)/t12-,16+/m1/s1. The van der Waals surface area contributed by atoms with Crippen LogP contribution in [0.25, 0.3) is 0 Å². The molecule has 0 radical (unpaired) electrons. The van der Waals surface area contributed by atoms with Crippen molar-refractivity contribution in [3.8, 4) is 11.5 Å².